The summed E-state index contributed by atoms with van der Waals surface area (Å²) in [7, 11) is -3.51. The van der Waals surface area contributed by atoms with Crippen molar-refractivity contribution in [2.45, 2.75) is 42.4 Å². The summed E-state index contributed by atoms with van der Waals surface area (Å²) >= 11 is 7.01. The molecule has 0 radical (unpaired) electrons. The summed E-state index contributed by atoms with van der Waals surface area (Å²) in [6.45, 7) is 2.14. The van der Waals surface area contributed by atoms with Crippen LogP contribution in [0.25, 0.3) is 0 Å². The van der Waals surface area contributed by atoms with Gasteiger partial charge in [-0.1, -0.05) is 24.4 Å². The Labute approximate surface area is 117 Å². The zero-order chi connectivity index (χ0) is 13.4. The third-order valence-electron chi connectivity index (χ3n) is 3.40. The van der Waals surface area contributed by atoms with Crippen molar-refractivity contribution in [2.75, 3.05) is 6.54 Å². The quantitative estimate of drug-likeness (QED) is 0.896. The van der Waals surface area contributed by atoms with Crippen LogP contribution in [0, 0.1) is 6.92 Å². The molecule has 7 heteroatoms. The maximum absolute atomic E-state index is 12.3. The van der Waals surface area contributed by atoms with E-state index in [-0.39, 0.29) is 4.21 Å². The second-order valence-corrected chi connectivity index (χ2v) is 8.38. The highest BCUT2D eigenvalue weighted by Crippen LogP contribution is 2.34. The Morgan fingerprint density at radius 2 is 2.11 bits per heavy atom. The fourth-order valence-corrected chi connectivity index (χ4v) is 5.48. The molecule has 1 heterocycles. The average Bonchev–Trinajstić information content (AvgIpc) is 2.88. The van der Waals surface area contributed by atoms with Gasteiger partial charge in [-0.15, -0.1) is 11.3 Å². The van der Waals surface area contributed by atoms with Crippen LogP contribution in [0.4, 0.5) is 0 Å². The van der Waals surface area contributed by atoms with Crippen molar-refractivity contribution in [3.05, 3.63) is 16.0 Å². The predicted molar refractivity (Wildman–Crippen MR) is 74.6 cm³/mol. The lowest BCUT2D eigenvalue weighted by Gasteiger charge is -2.27. The molecule has 0 spiro atoms. The number of halogens is 1. The summed E-state index contributed by atoms with van der Waals surface area (Å²) in [6.07, 6.45) is 3.65. The van der Waals surface area contributed by atoms with E-state index in [2.05, 4.69) is 4.72 Å². The SMILES string of the molecule is Cc1cc(S(=O)(=O)NC2(CN)CCCC2)sc1Cl. The summed E-state index contributed by atoms with van der Waals surface area (Å²) in [6, 6.07) is 1.61. The van der Waals surface area contributed by atoms with Crippen LogP contribution in [0.5, 0.6) is 0 Å². The average molecular weight is 309 g/mol. The van der Waals surface area contributed by atoms with Gasteiger partial charge in [-0.25, -0.2) is 13.1 Å². The summed E-state index contributed by atoms with van der Waals surface area (Å²) in [4.78, 5) is 0. The molecule has 1 aliphatic rings. The van der Waals surface area contributed by atoms with Gasteiger partial charge in [0.25, 0.3) is 10.0 Å². The van der Waals surface area contributed by atoms with Crippen LogP contribution < -0.4 is 10.5 Å². The van der Waals surface area contributed by atoms with Crippen molar-refractivity contribution < 1.29 is 8.42 Å². The Morgan fingerprint density at radius 3 is 2.56 bits per heavy atom. The first-order valence-corrected chi connectivity index (χ1v) is 8.56. The van der Waals surface area contributed by atoms with Gasteiger partial charge in [0.1, 0.15) is 4.21 Å². The lowest BCUT2D eigenvalue weighted by Crippen LogP contribution is -2.51. The van der Waals surface area contributed by atoms with Gasteiger partial charge in [-0.3, -0.25) is 0 Å². The molecule has 1 aromatic rings. The van der Waals surface area contributed by atoms with Gasteiger partial charge in [-0.2, -0.15) is 0 Å². The van der Waals surface area contributed by atoms with Crippen molar-refractivity contribution >= 4 is 33.0 Å². The van der Waals surface area contributed by atoms with Gasteiger partial charge in [0.2, 0.25) is 0 Å². The largest absolute Gasteiger partial charge is 0.329 e. The van der Waals surface area contributed by atoms with E-state index in [0.29, 0.717) is 10.9 Å². The Hall–Kier alpha value is -0.140. The van der Waals surface area contributed by atoms with E-state index >= 15 is 0 Å². The maximum Gasteiger partial charge on any atom is 0.250 e. The van der Waals surface area contributed by atoms with Gasteiger partial charge >= 0.3 is 0 Å². The third kappa shape index (κ3) is 2.72. The minimum atomic E-state index is -3.51. The molecule has 1 aliphatic carbocycles. The fraction of sp³-hybridized carbons (Fsp3) is 0.636. The zero-order valence-electron chi connectivity index (χ0n) is 10.2. The molecular weight excluding hydrogens is 292 g/mol. The Kier molecular flexibility index (Phi) is 4.04. The number of nitrogens with two attached hydrogens (primary N) is 1. The first kappa shape index (κ1) is 14.3. The molecular formula is C11H17ClN2O2S2. The summed E-state index contributed by atoms with van der Waals surface area (Å²) < 4.78 is 28.2. The highest BCUT2D eigenvalue weighted by Gasteiger charge is 2.37. The van der Waals surface area contributed by atoms with Gasteiger partial charge < -0.3 is 5.73 Å². The van der Waals surface area contributed by atoms with Crippen molar-refractivity contribution in [2.24, 2.45) is 5.73 Å². The molecule has 0 aromatic carbocycles. The molecule has 0 unspecified atom stereocenters. The molecule has 0 saturated heterocycles. The van der Waals surface area contributed by atoms with Crippen LogP contribution in [-0.2, 0) is 10.0 Å². The second-order valence-electron chi connectivity index (χ2n) is 4.82. The first-order chi connectivity index (χ1) is 8.38. The van der Waals surface area contributed by atoms with E-state index < -0.39 is 15.6 Å². The van der Waals surface area contributed by atoms with Crippen LogP contribution in [0.3, 0.4) is 0 Å². The minimum Gasteiger partial charge on any atom is -0.329 e. The van der Waals surface area contributed by atoms with Crippen LogP contribution in [0.15, 0.2) is 10.3 Å². The molecule has 102 valence electrons. The lowest BCUT2D eigenvalue weighted by atomic mass is 10.0. The van der Waals surface area contributed by atoms with Crippen molar-refractivity contribution in [1.82, 2.24) is 4.72 Å². The van der Waals surface area contributed by atoms with E-state index in [4.69, 9.17) is 17.3 Å². The molecule has 0 bridgehead atoms. The number of thiophene rings is 1. The van der Waals surface area contributed by atoms with Gasteiger partial charge in [-0.05, 0) is 31.4 Å². The highest BCUT2D eigenvalue weighted by atomic mass is 35.5. The van der Waals surface area contributed by atoms with Gasteiger partial charge in [0.15, 0.2) is 0 Å². The smallest absolute Gasteiger partial charge is 0.250 e. The molecule has 1 aromatic heterocycles. The van der Waals surface area contributed by atoms with E-state index in [1.807, 2.05) is 0 Å². The molecule has 2 rings (SSSR count). The van der Waals surface area contributed by atoms with Crippen LogP contribution >= 0.6 is 22.9 Å². The monoisotopic (exact) mass is 308 g/mol. The van der Waals surface area contributed by atoms with Crippen molar-refractivity contribution in [1.29, 1.82) is 0 Å². The number of sulfonamides is 1. The molecule has 0 amide bonds. The van der Waals surface area contributed by atoms with E-state index in [0.717, 1.165) is 42.6 Å². The molecule has 1 fully saturated rings. The Morgan fingerprint density at radius 1 is 1.50 bits per heavy atom. The number of aryl methyl sites for hydroxylation is 1. The maximum atomic E-state index is 12.3. The minimum absolute atomic E-state index is 0.268. The third-order valence-corrected chi connectivity index (χ3v) is 7.01. The van der Waals surface area contributed by atoms with E-state index in [9.17, 15) is 8.42 Å². The molecule has 1 saturated carbocycles. The number of hydrogen-bond acceptors (Lipinski definition) is 4. The normalized spacial score (nSPS) is 19.3. The molecule has 3 N–H and O–H groups in total. The summed E-state index contributed by atoms with van der Waals surface area (Å²) in [5, 5.41) is 0. The first-order valence-electron chi connectivity index (χ1n) is 5.89. The lowest BCUT2D eigenvalue weighted by molar-refractivity contribution is 0.400. The zero-order valence-corrected chi connectivity index (χ0v) is 12.6. The number of rotatable bonds is 4. The fourth-order valence-electron chi connectivity index (χ4n) is 2.30. The predicted octanol–water partition coefficient (Wildman–Crippen LogP) is 2.26. The molecule has 18 heavy (non-hydrogen) atoms. The van der Waals surface area contributed by atoms with E-state index in [1.165, 1.54) is 0 Å². The Bertz CT molecular complexity index is 514. The van der Waals surface area contributed by atoms with Crippen LogP contribution in [-0.4, -0.2) is 20.5 Å². The van der Waals surface area contributed by atoms with Gasteiger partial charge in [0.05, 0.1) is 4.34 Å². The number of nitrogens with one attached hydrogen (secondary N) is 1. The number of hydrogen-bond donors (Lipinski definition) is 2. The summed E-state index contributed by atoms with van der Waals surface area (Å²) in [5.41, 5.74) is 6.06. The Balaban J connectivity index is 2.26. The molecule has 0 atom stereocenters. The molecule has 4 nitrogen and oxygen atoms in total. The topological polar surface area (TPSA) is 72.2 Å². The van der Waals surface area contributed by atoms with Crippen LogP contribution in [0.1, 0.15) is 31.2 Å². The van der Waals surface area contributed by atoms with E-state index in [1.54, 1.807) is 13.0 Å². The summed E-state index contributed by atoms with van der Waals surface area (Å²) in [5.74, 6) is 0. The van der Waals surface area contributed by atoms with Crippen molar-refractivity contribution in [3.63, 3.8) is 0 Å². The highest BCUT2D eigenvalue weighted by molar-refractivity contribution is 7.91. The van der Waals surface area contributed by atoms with Crippen molar-refractivity contribution in [3.8, 4) is 0 Å². The van der Waals surface area contributed by atoms with Crippen LogP contribution in [0.2, 0.25) is 4.34 Å². The standard InChI is InChI=1S/C11H17ClN2O2S2/c1-8-6-9(17-10(8)12)18(15,16)14-11(7-13)4-2-3-5-11/h6,14H,2-5,7,13H2,1H3. The second kappa shape index (κ2) is 5.09. The van der Waals surface area contributed by atoms with Gasteiger partial charge in [0, 0.05) is 12.1 Å². The molecule has 0 aliphatic heterocycles.